The fraction of sp³-hybridized carbons (Fsp3) is 0.292. The lowest BCUT2D eigenvalue weighted by Gasteiger charge is -2.11. The van der Waals surface area contributed by atoms with Crippen molar-refractivity contribution in [3.05, 3.63) is 64.7 Å². The number of carbonyl (C=O) groups is 1. The van der Waals surface area contributed by atoms with E-state index in [2.05, 4.69) is 25.5 Å². The van der Waals surface area contributed by atoms with Crippen LogP contribution in [0, 0.1) is 20.8 Å². The monoisotopic (exact) mass is 497 g/mol. The Morgan fingerprint density at radius 3 is 2.47 bits per heavy atom. The number of hydrogen-bond acceptors (Lipinski definition) is 7. The summed E-state index contributed by atoms with van der Waals surface area (Å²) < 4.78 is 34.4. The van der Waals surface area contributed by atoms with Gasteiger partial charge in [0.2, 0.25) is 0 Å². The molecule has 0 saturated carbocycles. The molecule has 3 aromatic heterocycles. The number of rotatable bonds is 9. The normalized spacial score (nSPS) is 11.3. The first-order chi connectivity index (χ1) is 17.2. The number of aromatic nitrogens is 6. The highest BCUT2D eigenvalue weighted by molar-refractivity contribution is 5.90. The lowest BCUT2D eigenvalue weighted by molar-refractivity contribution is 0.0695. The van der Waals surface area contributed by atoms with Gasteiger partial charge in [0.1, 0.15) is 23.5 Å². The van der Waals surface area contributed by atoms with Gasteiger partial charge in [0.15, 0.2) is 5.82 Å². The highest BCUT2D eigenvalue weighted by Crippen LogP contribution is 2.31. The molecule has 0 spiro atoms. The minimum atomic E-state index is -2.54. The number of aromatic carboxylic acids is 1. The summed E-state index contributed by atoms with van der Waals surface area (Å²) in [5, 5.41) is 21.7. The lowest BCUT2D eigenvalue weighted by Crippen LogP contribution is -2.11. The van der Waals surface area contributed by atoms with Crippen LogP contribution < -0.4 is 5.32 Å². The second kappa shape index (κ2) is 10.2. The van der Waals surface area contributed by atoms with Gasteiger partial charge in [0.25, 0.3) is 6.43 Å². The fourth-order valence-electron chi connectivity index (χ4n) is 3.94. The van der Waals surface area contributed by atoms with Gasteiger partial charge in [0.05, 0.1) is 30.2 Å². The third kappa shape index (κ3) is 4.80. The van der Waals surface area contributed by atoms with Crippen molar-refractivity contribution in [1.29, 1.82) is 0 Å². The first-order valence-corrected chi connectivity index (χ1v) is 11.0. The van der Waals surface area contributed by atoms with Crippen LogP contribution in [-0.2, 0) is 11.3 Å². The topological polar surface area (TPSA) is 120 Å². The summed E-state index contributed by atoms with van der Waals surface area (Å²) >= 11 is 0. The minimum Gasteiger partial charge on any atom is -0.478 e. The van der Waals surface area contributed by atoms with Gasteiger partial charge in [-0.2, -0.15) is 10.2 Å². The molecule has 12 heteroatoms. The number of halogens is 2. The smallest absolute Gasteiger partial charge is 0.339 e. The number of aryl methyl sites for hydroxylation is 1. The van der Waals surface area contributed by atoms with Gasteiger partial charge in [-0.15, -0.1) is 0 Å². The van der Waals surface area contributed by atoms with Crippen molar-refractivity contribution in [3.8, 4) is 17.1 Å². The van der Waals surface area contributed by atoms with E-state index < -0.39 is 12.4 Å². The Kier molecular flexibility index (Phi) is 7.06. The summed E-state index contributed by atoms with van der Waals surface area (Å²) in [5.74, 6) is 0.411. The van der Waals surface area contributed by atoms with Crippen molar-refractivity contribution in [3.63, 3.8) is 0 Å². The van der Waals surface area contributed by atoms with E-state index in [1.165, 1.54) is 23.1 Å². The molecule has 2 N–H and O–H groups in total. The van der Waals surface area contributed by atoms with Gasteiger partial charge in [0, 0.05) is 29.9 Å². The Labute approximate surface area is 205 Å². The standard InChI is InChI=1S/C24H25F2N7O3/c1-13-21(16-5-7-17(8-6-16)22(25)26)31-32(9-10-36-4)23(13)29-18-11-19(28-12-27-18)33-15(3)20(24(34)35)14(2)30-33/h5-8,11-12,22H,9-10H2,1-4H3,(H,34,35)(H,27,28,29). The Bertz CT molecular complexity index is 1400. The van der Waals surface area contributed by atoms with Crippen molar-refractivity contribution in [2.45, 2.75) is 33.7 Å². The maximum Gasteiger partial charge on any atom is 0.339 e. The predicted molar refractivity (Wildman–Crippen MR) is 128 cm³/mol. The summed E-state index contributed by atoms with van der Waals surface area (Å²) in [4.78, 5) is 20.1. The first kappa shape index (κ1) is 24.9. The SMILES string of the molecule is COCCn1nc(-c2ccc(C(F)F)cc2)c(C)c1Nc1cc(-n2nc(C)c(C(=O)O)c2C)ncn1. The zero-order chi connectivity index (χ0) is 26.0. The summed E-state index contributed by atoms with van der Waals surface area (Å²) in [6.45, 7) is 6.00. The summed E-state index contributed by atoms with van der Waals surface area (Å²) in [6.07, 6.45) is -1.19. The van der Waals surface area contributed by atoms with Gasteiger partial charge < -0.3 is 15.2 Å². The van der Waals surface area contributed by atoms with Crippen LogP contribution in [0.3, 0.4) is 0 Å². The summed E-state index contributed by atoms with van der Waals surface area (Å²) in [6, 6.07) is 7.66. The van der Waals surface area contributed by atoms with Crippen molar-refractivity contribution in [2.24, 2.45) is 0 Å². The molecule has 4 rings (SSSR count). The molecule has 0 aliphatic carbocycles. The number of anilines is 2. The average Bonchev–Trinajstić information content (AvgIpc) is 3.33. The molecular weight excluding hydrogens is 472 g/mol. The van der Waals surface area contributed by atoms with E-state index in [1.54, 1.807) is 43.8 Å². The number of alkyl halides is 2. The van der Waals surface area contributed by atoms with Crippen LogP contribution in [0.2, 0.25) is 0 Å². The molecule has 0 fully saturated rings. The largest absolute Gasteiger partial charge is 0.478 e. The maximum atomic E-state index is 13.0. The molecule has 0 amide bonds. The third-order valence-corrected chi connectivity index (χ3v) is 5.75. The van der Waals surface area contributed by atoms with Crippen molar-refractivity contribution in [1.82, 2.24) is 29.5 Å². The molecule has 0 aliphatic heterocycles. The van der Waals surface area contributed by atoms with Crippen LogP contribution in [-0.4, -0.2) is 54.3 Å². The van der Waals surface area contributed by atoms with E-state index >= 15 is 0 Å². The van der Waals surface area contributed by atoms with Crippen molar-refractivity contribution >= 4 is 17.6 Å². The number of benzene rings is 1. The number of hydrogen-bond donors (Lipinski definition) is 2. The molecule has 0 atom stereocenters. The zero-order valence-corrected chi connectivity index (χ0v) is 20.2. The Morgan fingerprint density at radius 2 is 1.86 bits per heavy atom. The molecule has 0 bridgehead atoms. The van der Waals surface area contributed by atoms with E-state index in [0.717, 1.165) is 5.56 Å². The van der Waals surface area contributed by atoms with E-state index in [1.807, 2.05) is 6.92 Å². The number of carboxylic acid groups (broad SMARTS) is 1. The number of ether oxygens (including phenoxy) is 1. The van der Waals surface area contributed by atoms with E-state index in [9.17, 15) is 18.7 Å². The molecule has 3 heterocycles. The minimum absolute atomic E-state index is 0.0581. The molecule has 10 nitrogen and oxygen atoms in total. The number of nitrogens with zero attached hydrogens (tertiary/aromatic N) is 6. The Balaban J connectivity index is 1.71. The number of carboxylic acids is 1. The molecule has 0 saturated heterocycles. The van der Waals surface area contributed by atoms with Crippen LogP contribution in [0.5, 0.6) is 0 Å². The van der Waals surface area contributed by atoms with Gasteiger partial charge in [-0.25, -0.2) is 32.9 Å². The number of nitrogens with one attached hydrogen (secondary N) is 1. The molecule has 188 valence electrons. The van der Waals surface area contributed by atoms with E-state index in [0.29, 0.717) is 53.3 Å². The van der Waals surface area contributed by atoms with Crippen molar-refractivity contribution in [2.75, 3.05) is 19.0 Å². The van der Waals surface area contributed by atoms with Gasteiger partial charge in [-0.1, -0.05) is 24.3 Å². The molecule has 0 unspecified atom stereocenters. The molecule has 4 aromatic rings. The van der Waals surface area contributed by atoms with Crippen LogP contribution in [0.25, 0.3) is 17.1 Å². The molecular formula is C24H25F2N7O3. The van der Waals surface area contributed by atoms with Crippen molar-refractivity contribution < 1.29 is 23.4 Å². The van der Waals surface area contributed by atoms with E-state index in [4.69, 9.17) is 4.74 Å². The van der Waals surface area contributed by atoms with Gasteiger partial charge >= 0.3 is 5.97 Å². The maximum absolute atomic E-state index is 13.0. The summed E-state index contributed by atoms with van der Waals surface area (Å²) in [5.41, 5.74) is 3.01. The second-order valence-electron chi connectivity index (χ2n) is 8.11. The molecule has 0 aliphatic rings. The van der Waals surface area contributed by atoms with Crippen LogP contribution in [0.1, 0.15) is 39.3 Å². The average molecular weight is 498 g/mol. The number of methoxy groups -OCH3 is 1. The Hall–Kier alpha value is -4.19. The fourth-order valence-corrected chi connectivity index (χ4v) is 3.94. The predicted octanol–water partition coefficient (Wildman–Crippen LogP) is 4.48. The third-order valence-electron chi connectivity index (χ3n) is 5.75. The van der Waals surface area contributed by atoms with Gasteiger partial charge in [-0.05, 0) is 20.8 Å². The van der Waals surface area contributed by atoms with Gasteiger partial charge in [-0.3, -0.25) is 0 Å². The summed E-state index contributed by atoms with van der Waals surface area (Å²) in [7, 11) is 1.59. The molecule has 0 radical (unpaired) electrons. The second-order valence-corrected chi connectivity index (χ2v) is 8.11. The highest BCUT2D eigenvalue weighted by atomic mass is 19.3. The highest BCUT2D eigenvalue weighted by Gasteiger charge is 2.21. The first-order valence-electron chi connectivity index (χ1n) is 11.0. The zero-order valence-electron chi connectivity index (χ0n) is 20.2. The quantitative estimate of drug-likeness (QED) is 0.347. The van der Waals surface area contributed by atoms with E-state index in [-0.39, 0.29) is 11.1 Å². The van der Waals surface area contributed by atoms with Crippen LogP contribution >= 0.6 is 0 Å². The Morgan fingerprint density at radius 1 is 1.14 bits per heavy atom. The molecule has 1 aromatic carbocycles. The van der Waals surface area contributed by atoms with Crippen LogP contribution in [0.15, 0.2) is 36.7 Å². The lowest BCUT2D eigenvalue weighted by atomic mass is 10.1. The molecule has 36 heavy (non-hydrogen) atoms. The van der Waals surface area contributed by atoms with Crippen LogP contribution in [0.4, 0.5) is 20.4 Å².